The van der Waals surface area contributed by atoms with Gasteiger partial charge in [0.2, 0.25) is 0 Å². The zero-order valence-corrected chi connectivity index (χ0v) is 16.1. The topological polar surface area (TPSA) is 60.3 Å². The van der Waals surface area contributed by atoms with Crippen molar-refractivity contribution >= 4 is 5.91 Å². The lowest BCUT2D eigenvalue weighted by Gasteiger charge is -2.13. The Hall–Kier alpha value is -2.56. The molecule has 0 spiro atoms. The summed E-state index contributed by atoms with van der Waals surface area (Å²) in [5.41, 5.74) is 3.01. The molecule has 2 rings (SSSR count). The minimum atomic E-state index is -0.311. The van der Waals surface area contributed by atoms with Crippen molar-refractivity contribution in [1.29, 1.82) is 0 Å². The predicted molar refractivity (Wildman–Crippen MR) is 104 cm³/mol. The van der Waals surface area contributed by atoms with Gasteiger partial charge in [-0.25, -0.2) is 0 Å². The largest absolute Gasteiger partial charge is 0.494 e. The zero-order valence-electron chi connectivity index (χ0n) is 16.1. The summed E-state index contributed by atoms with van der Waals surface area (Å²) in [6.07, 6.45) is 2.35. The molecule has 5 nitrogen and oxygen atoms in total. The van der Waals surface area contributed by atoms with E-state index in [9.17, 15) is 9.59 Å². The minimum Gasteiger partial charge on any atom is -0.494 e. The summed E-state index contributed by atoms with van der Waals surface area (Å²) in [7, 11) is 1.72. The fraction of sp³-hybridized carbons (Fsp3) is 0.429. The van der Waals surface area contributed by atoms with E-state index in [1.807, 2.05) is 45.0 Å². The third-order valence-corrected chi connectivity index (χ3v) is 4.52. The molecule has 0 bridgehead atoms. The Morgan fingerprint density at radius 3 is 2.65 bits per heavy atom. The van der Waals surface area contributed by atoms with Crippen LogP contribution < -0.4 is 15.6 Å². The average Bonchev–Trinajstić information content (AvgIpc) is 2.63. The van der Waals surface area contributed by atoms with Crippen LogP contribution in [0.25, 0.3) is 0 Å². The standard InChI is InChI=1S/C21H28N2O3/c1-5-18-15(3)14-17(21(25)23(18)4)20(24)22-13-9-11-16-10-7-8-12-19(16)26-6-2/h7-8,10,12,14H,5-6,9,11,13H2,1-4H3,(H,22,24). The smallest absolute Gasteiger partial charge is 0.263 e. The van der Waals surface area contributed by atoms with Crippen LogP contribution in [-0.4, -0.2) is 23.6 Å². The summed E-state index contributed by atoms with van der Waals surface area (Å²) >= 11 is 0. The maximum Gasteiger partial charge on any atom is 0.263 e. The van der Waals surface area contributed by atoms with Crippen molar-refractivity contribution < 1.29 is 9.53 Å². The first-order chi connectivity index (χ1) is 12.5. The Bertz CT molecular complexity index is 824. The van der Waals surface area contributed by atoms with Crippen molar-refractivity contribution in [3.63, 3.8) is 0 Å². The van der Waals surface area contributed by atoms with E-state index in [0.717, 1.165) is 41.8 Å². The second kappa shape index (κ2) is 9.22. The third kappa shape index (κ3) is 4.54. The number of hydrogen-bond donors (Lipinski definition) is 1. The number of ether oxygens (including phenoxy) is 1. The minimum absolute atomic E-state index is 0.205. The van der Waals surface area contributed by atoms with Crippen LogP contribution in [0.15, 0.2) is 35.1 Å². The van der Waals surface area contributed by atoms with E-state index in [2.05, 4.69) is 5.32 Å². The van der Waals surface area contributed by atoms with Crippen molar-refractivity contribution in [2.45, 2.75) is 40.0 Å². The second-order valence-corrected chi connectivity index (χ2v) is 6.31. The van der Waals surface area contributed by atoms with Gasteiger partial charge in [0, 0.05) is 19.3 Å². The maximum absolute atomic E-state index is 12.4. The van der Waals surface area contributed by atoms with Gasteiger partial charge in [-0.3, -0.25) is 9.59 Å². The summed E-state index contributed by atoms with van der Waals surface area (Å²) in [6, 6.07) is 9.63. The van der Waals surface area contributed by atoms with Crippen LogP contribution in [0.4, 0.5) is 0 Å². The Morgan fingerprint density at radius 1 is 1.23 bits per heavy atom. The molecular weight excluding hydrogens is 328 g/mol. The van der Waals surface area contributed by atoms with Gasteiger partial charge in [-0.15, -0.1) is 0 Å². The van der Waals surface area contributed by atoms with Gasteiger partial charge in [0.05, 0.1) is 6.61 Å². The molecule has 1 aromatic heterocycles. The highest BCUT2D eigenvalue weighted by molar-refractivity contribution is 5.94. The van der Waals surface area contributed by atoms with E-state index in [-0.39, 0.29) is 17.0 Å². The molecule has 1 heterocycles. The van der Waals surface area contributed by atoms with E-state index in [4.69, 9.17) is 4.74 Å². The van der Waals surface area contributed by atoms with Crippen molar-refractivity contribution in [3.8, 4) is 5.75 Å². The molecule has 0 unspecified atom stereocenters. The van der Waals surface area contributed by atoms with Crippen molar-refractivity contribution in [2.75, 3.05) is 13.2 Å². The first-order valence-electron chi connectivity index (χ1n) is 9.18. The van der Waals surface area contributed by atoms with E-state index in [1.54, 1.807) is 17.7 Å². The summed E-state index contributed by atoms with van der Waals surface area (Å²) < 4.78 is 7.19. The first kappa shape index (κ1) is 19.8. The van der Waals surface area contributed by atoms with Crippen LogP contribution in [0.5, 0.6) is 5.75 Å². The number of rotatable bonds is 8. The lowest BCUT2D eigenvalue weighted by molar-refractivity contribution is 0.0951. The lowest BCUT2D eigenvalue weighted by atomic mass is 10.1. The van der Waals surface area contributed by atoms with E-state index in [0.29, 0.717) is 13.2 Å². The fourth-order valence-electron chi connectivity index (χ4n) is 3.19. The van der Waals surface area contributed by atoms with E-state index >= 15 is 0 Å². The average molecular weight is 356 g/mol. The summed E-state index contributed by atoms with van der Waals surface area (Å²) in [5.74, 6) is 0.579. The first-order valence-corrected chi connectivity index (χ1v) is 9.18. The van der Waals surface area contributed by atoms with Crippen LogP contribution in [0.3, 0.4) is 0 Å². The number of pyridine rings is 1. The van der Waals surface area contributed by atoms with E-state index < -0.39 is 0 Å². The van der Waals surface area contributed by atoms with Gasteiger partial charge in [0.25, 0.3) is 11.5 Å². The highest BCUT2D eigenvalue weighted by Gasteiger charge is 2.15. The van der Waals surface area contributed by atoms with Gasteiger partial charge in [-0.2, -0.15) is 0 Å². The summed E-state index contributed by atoms with van der Waals surface area (Å²) in [6.45, 7) is 7.03. The number of nitrogens with zero attached hydrogens (tertiary/aromatic N) is 1. The lowest BCUT2D eigenvalue weighted by Crippen LogP contribution is -2.34. The van der Waals surface area contributed by atoms with Crippen LogP contribution >= 0.6 is 0 Å². The van der Waals surface area contributed by atoms with E-state index in [1.165, 1.54) is 0 Å². The van der Waals surface area contributed by atoms with Crippen LogP contribution in [0.1, 0.15) is 47.4 Å². The summed E-state index contributed by atoms with van der Waals surface area (Å²) in [4.78, 5) is 24.8. The molecule has 1 amide bonds. The number of benzene rings is 1. The number of aromatic nitrogens is 1. The van der Waals surface area contributed by atoms with Gasteiger partial charge in [0.15, 0.2) is 0 Å². The van der Waals surface area contributed by atoms with Crippen molar-refractivity contribution in [3.05, 3.63) is 63.1 Å². The van der Waals surface area contributed by atoms with Crippen LogP contribution in [0.2, 0.25) is 0 Å². The van der Waals surface area contributed by atoms with Crippen LogP contribution in [0, 0.1) is 6.92 Å². The molecule has 1 N–H and O–H groups in total. The molecule has 0 aliphatic rings. The SMILES string of the molecule is CCOc1ccccc1CCCNC(=O)c1cc(C)c(CC)n(C)c1=O. The Morgan fingerprint density at radius 2 is 1.96 bits per heavy atom. The molecule has 26 heavy (non-hydrogen) atoms. The molecule has 1 aromatic carbocycles. The molecular formula is C21H28N2O3. The molecule has 140 valence electrons. The third-order valence-electron chi connectivity index (χ3n) is 4.52. The Kier molecular flexibility index (Phi) is 7.01. The Labute approximate surface area is 155 Å². The predicted octanol–water partition coefficient (Wildman–Crippen LogP) is 3.02. The summed E-state index contributed by atoms with van der Waals surface area (Å²) in [5, 5.41) is 2.86. The number of hydrogen-bond acceptors (Lipinski definition) is 3. The molecule has 0 atom stereocenters. The highest BCUT2D eigenvalue weighted by atomic mass is 16.5. The van der Waals surface area contributed by atoms with Gasteiger partial charge < -0.3 is 14.6 Å². The molecule has 0 aliphatic carbocycles. The monoisotopic (exact) mass is 356 g/mol. The van der Waals surface area contributed by atoms with Gasteiger partial charge >= 0.3 is 0 Å². The molecule has 0 radical (unpaired) electrons. The van der Waals surface area contributed by atoms with Gasteiger partial charge in [0.1, 0.15) is 11.3 Å². The number of para-hydroxylation sites is 1. The quantitative estimate of drug-likeness (QED) is 0.740. The van der Waals surface area contributed by atoms with Gasteiger partial charge in [-0.05, 0) is 56.4 Å². The molecule has 0 saturated carbocycles. The second-order valence-electron chi connectivity index (χ2n) is 6.31. The maximum atomic E-state index is 12.4. The van der Waals surface area contributed by atoms with Crippen molar-refractivity contribution in [1.82, 2.24) is 9.88 Å². The highest BCUT2D eigenvalue weighted by Crippen LogP contribution is 2.19. The molecule has 0 saturated heterocycles. The molecule has 5 heteroatoms. The zero-order chi connectivity index (χ0) is 19.1. The molecule has 2 aromatic rings. The van der Waals surface area contributed by atoms with Crippen molar-refractivity contribution in [2.24, 2.45) is 7.05 Å². The number of carbonyl (C=O) groups excluding carboxylic acids is 1. The number of aryl methyl sites for hydroxylation is 2. The molecule has 0 fully saturated rings. The molecule has 0 aliphatic heterocycles. The fourth-order valence-corrected chi connectivity index (χ4v) is 3.19. The number of carbonyl (C=O) groups is 1. The van der Waals surface area contributed by atoms with Crippen LogP contribution in [-0.2, 0) is 19.9 Å². The Balaban J connectivity index is 1.97. The normalized spacial score (nSPS) is 10.6. The number of nitrogens with one attached hydrogen (secondary N) is 1. The van der Waals surface area contributed by atoms with Gasteiger partial charge in [-0.1, -0.05) is 25.1 Å². The number of amides is 1.